The Kier molecular flexibility index (Phi) is 5.58. The van der Waals surface area contributed by atoms with Gasteiger partial charge in [-0.25, -0.2) is 9.97 Å². The van der Waals surface area contributed by atoms with Crippen molar-refractivity contribution in [3.8, 4) is 0 Å². The van der Waals surface area contributed by atoms with E-state index in [4.69, 9.17) is 15.7 Å². The number of nitrogens with two attached hydrogens (primary N) is 1. The maximum atomic E-state index is 12.1. The molecule has 2 amide bonds. The summed E-state index contributed by atoms with van der Waals surface area (Å²) in [6, 6.07) is 6.36. The maximum absolute atomic E-state index is 12.1. The molecule has 2 aromatic rings. The van der Waals surface area contributed by atoms with Crippen molar-refractivity contribution in [2.24, 2.45) is 11.7 Å². The molecule has 0 aliphatic carbocycles. The number of piperidine rings is 1. The maximum Gasteiger partial charge on any atom is 0.236 e. The molecule has 1 saturated heterocycles. The quantitative estimate of drug-likeness (QED) is 0.838. The van der Waals surface area contributed by atoms with E-state index in [-0.39, 0.29) is 18.4 Å². The van der Waals surface area contributed by atoms with E-state index in [1.54, 1.807) is 0 Å². The van der Waals surface area contributed by atoms with Crippen LogP contribution in [0.5, 0.6) is 0 Å². The summed E-state index contributed by atoms with van der Waals surface area (Å²) in [5.41, 5.74) is 8.28. The summed E-state index contributed by atoms with van der Waals surface area (Å²) < 4.78 is 0. The molecule has 1 aliphatic heterocycles. The average molecular weight is 369 g/mol. The number of carbonyl (C=O) groups excluding carboxylic acids is 2. The van der Waals surface area contributed by atoms with Gasteiger partial charge in [-0.2, -0.15) is 0 Å². The summed E-state index contributed by atoms with van der Waals surface area (Å²) in [7, 11) is 0. The van der Waals surface area contributed by atoms with E-state index in [9.17, 15) is 9.59 Å². The molecule has 2 heterocycles. The van der Waals surface area contributed by atoms with Gasteiger partial charge in [-0.3, -0.25) is 9.59 Å². The lowest BCUT2D eigenvalue weighted by Gasteiger charge is -2.31. The van der Waals surface area contributed by atoms with Gasteiger partial charge in [0.25, 0.3) is 0 Å². The van der Waals surface area contributed by atoms with Gasteiger partial charge >= 0.3 is 0 Å². The monoisotopic (exact) mass is 369 g/mol. The Morgan fingerprint density at radius 3 is 2.59 bits per heavy atom. The van der Waals surface area contributed by atoms with Crippen molar-refractivity contribution < 1.29 is 9.59 Å². The van der Waals surface area contributed by atoms with Crippen molar-refractivity contribution in [2.75, 3.05) is 24.5 Å². The van der Waals surface area contributed by atoms with Crippen LogP contribution in [-0.2, 0) is 9.59 Å². The van der Waals surface area contributed by atoms with Gasteiger partial charge < -0.3 is 16.0 Å². The highest BCUT2D eigenvalue weighted by molar-refractivity contribution is 5.85. The molecule has 3 N–H and O–H groups in total. The van der Waals surface area contributed by atoms with Gasteiger partial charge in [0, 0.05) is 24.4 Å². The number of nitrogens with one attached hydrogen (secondary N) is 1. The molecule has 0 atom stereocenters. The highest BCUT2D eigenvalue weighted by Gasteiger charge is 2.26. The predicted octanol–water partition coefficient (Wildman–Crippen LogP) is 1.88. The number of hydrogen-bond acceptors (Lipinski definition) is 5. The first-order valence-corrected chi connectivity index (χ1v) is 9.44. The van der Waals surface area contributed by atoms with E-state index in [1.165, 1.54) is 5.56 Å². The van der Waals surface area contributed by atoms with Crippen molar-refractivity contribution in [3.63, 3.8) is 0 Å². The van der Waals surface area contributed by atoms with Crippen LogP contribution in [-0.4, -0.2) is 41.4 Å². The van der Waals surface area contributed by atoms with Crippen molar-refractivity contribution >= 4 is 28.7 Å². The number of rotatable bonds is 5. The number of primary amides is 1. The lowest BCUT2D eigenvalue weighted by Crippen LogP contribution is -2.43. The molecule has 0 bridgehead atoms. The van der Waals surface area contributed by atoms with E-state index in [0.717, 1.165) is 16.6 Å². The van der Waals surface area contributed by atoms with Gasteiger partial charge in [-0.15, -0.1) is 0 Å². The lowest BCUT2D eigenvalue weighted by molar-refractivity contribution is -0.128. The third kappa shape index (κ3) is 4.35. The molecule has 0 radical (unpaired) electrons. The Morgan fingerprint density at radius 1 is 1.26 bits per heavy atom. The summed E-state index contributed by atoms with van der Waals surface area (Å²) in [6.07, 6.45) is 1.41. The number of amides is 2. The zero-order chi connectivity index (χ0) is 19.6. The van der Waals surface area contributed by atoms with Crippen molar-refractivity contribution in [2.45, 2.75) is 39.5 Å². The average Bonchev–Trinajstić information content (AvgIpc) is 2.65. The fraction of sp³-hybridized carbons (Fsp3) is 0.500. The van der Waals surface area contributed by atoms with E-state index in [2.05, 4.69) is 42.3 Å². The molecule has 1 aliphatic rings. The number of carbonyl (C=O) groups is 2. The topological polar surface area (TPSA) is 101 Å². The highest BCUT2D eigenvalue weighted by atomic mass is 16.2. The SMILES string of the molecule is Cc1nc(N2CCC(C(=O)NCC(N)=O)CC2)nc2ccc(C(C)C)cc12. The molecule has 144 valence electrons. The summed E-state index contributed by atoms with van der Waals surface area (Å²) in [4.78, 5) is 34.5. The molecule has 7 heteroatoms. The van der Waals surface area contributed by atoms with Gasteiger partial charge in [-0.05, 0) is 43.4 Å². The number of benzene rings is 1. The molecule has 1 aromatic carbocycles. The van der Waals surface area contributed by atoms with Crippen LogP contribution in [0.25, 0.3) is 10.9 Å². The molecule has 0 saturated carbocycles. The van der Waals surface area contributed by atoms with E-state index in [0.29, 0.717) is 37.8 Å². The molecule has 1 fully saturated rings. The minimum atomic E-state index is -0.526. The minimum Gasteiger partial charge on any atom is -0.368 e. The Balaban J connectivity index is 1.71. The van der Waals surface area contributed by atoms with Crippen LogP contribution in [0.15, 0.2) is 18.2 Å². The third-order valence-electron chi connectivity index (χ3n) is 5.15. The molecule has 7 nitrogen and oxygen atoms in total. The van der Waals surface area contributed by atoms with Crippen LogP contribution in [0.3, 0.4) is 0 Å². The van der Waals surface area contributed by atoms with Gasteiger partial charge in [-0.1, -0.05) is 19.9 Å². The van der Waals surface area contributed by atoms with E-state index < -0.39 is 5.91 Å². The molecule has 27 heavy (non-hydrogen) atoms. The normalized spacial score (nSPS) is 15.3. The highest BCUT2D eigenvalue weighted by Crippen LogP contribution is 2.26. The van der Waals surface area contributed by atoms with Crippen LogP contribution in [0.1, 0.15) is 43.9 Å². The number of aryl methyl sites for hydroxylation is 1. The first kappa shape index (κ1) is 19.1. The van der Waals surface area contributed by atoms with Crippen molar-refractivity contribution in [1.29, 1.82) is 0 Å². The Morgan fingerprint density at radius 2 is 1.96 bits per heavy atom. The smallest absolute Gasteiger partial charge is 0.236 e. The lowest BCUT2D eigenvalue weighted by atomic mass is 9.96. The second-order valence-corrected chi connectivity index (χ2v) is 7.49. The Labute approximate surface area is 159 Å². The largest absolute Gasteiger partial charge is 0.368 e. The van der Waals surface area contributed by atoms with Crippen LogP contribution in [0.2, 0.25) is 0 Å². The van der Waals surface area contributed by atoms with Gasteiger partial charge in [0.1, 0.15) is 0 Å². The van der Waals surface area contributed by atoms with E-state index in [1.807, 2.05) is 6.92 Å². The number of hydrogen-bond donors (Lipinski definition) is 2. The second kappa shape index (κ2) is 7.90. The molecular formula is C20H27N5O2. The molecule has 0 spiro atoms. The number of aromatic nitrogens is 2. The second-order valence-electron chi connectivity index (χ2n) is 7.49. The van der Waals surface area contributed by atoms with Crippen LogP contribution < -0.4 is 16.0 Å². The summed E-state index contributed by atoms with van der Waals surface area (Å²) in [6.45, 7) is 7.68. The van der Waals surface area contributed by atoms with Crippen LogP contribution >= 0.6 is 0 Å². The van der Waals surface area contributed by atoms with Crippen molar-refractivity contribution in [3.05, 3.63) is 29.5 Å². The van der Waals surface area contributed by atoms with Gasteiger partial charge in [0.15, 0.2) is 0 Å². The Hall–Kier alpha value is -2.70. The molecule has 0 unspecified atom stereocenters. The summed E-state index contributed by atoms with van der Waals surface area (Å²) in [5, 5.41) is 3.68. The molecule has 1 aromatic heterocycles. The van der Waals surface area contributed by atoms with E-state index >= 15 is 0 Å². The summed E-state index contributed by atoms with van der Waals surface area (Å²) >= 11 is 0. The van der Waals surface area contributed by atoms with Crippen molar-refractivity contribution in [1.82, 2.24) is 15.3 Å². The van der Waals surface area contributed by atoms with Crippen LogP contribution in [0.4, 0.5) is 5.95 Å². The van der Waals surface area contributed by atoms with Crippen LogP contribution in [0, 0.1) is 12.8 Å². The first-order valence-electron chi connectivity index (χ1n) is 9.44. The minimum absolute atomic E-state index is 0.101. The number of fused-ring (bicyclic) bond motifs is 1. The summed E-state index contributed by atoms with van der Waals surface area (Å²) in [5.74, 6) is 0.448. The zero-order valence-electron chi connectivity index (χ0n) is 16.2. The predicted molar refractivity (Wildman–Crippen MR) is 106 cm³/mol. The third-order valence-corrected chi connectivity index (χ3v) is 5.15. The zero-order valence-corrected chi connectivity index (χ0v) is 16.2. The van der Waals surface area contributed by atoms with Gasteiger partial charge in [0.05, 0.1) is 17.8 Å². The fourth-order valence-corrected chi connectivity index (χ4v) is 3.44. The number of anilines is 1. The fourth-order valence-electron chi connectivity index (χ4n) is 3.44. The Bertz CT molecular complexity index is 857. The first-order chi connectivity index (χ1) is 12.8. The number of nitrogens with zero attached hydrogens (tertiary/aromatic N) is 3. The molecule has 3 rings (SSSR count). The molecular weight excluding hydrogens is 342 g/mol. The van der Waals surface area contributed by atoms with Gasteiger partial charge in [0.2, 0.25) is 17.8 Å². The standard InChI is InChI=1S/C20H27N5O2/c1-12(2)15-4-5-17-16(10-15)13(3)23-20(24-17)25-8-6-14(7-9-25)19(27)22-11-18(21)26/h4-5,10,12,14H,6-9,11H2,1-3H3,(H2,21,26)(H,22,27).